The molecule has 0 fully saturated rings. The molecule has 0 aliphatic heterocycles. The van der Waals surface area contributed by atoms with Gasteiger partial charge >= 0.3 is 12.4 Å². The van der Waals surface area contributed by atoms with Gasteiger partial charge in [0.1, 0.15) is 11.4 Å². The van der Waals surface area contributed by atoms with Crippen LogP contribution < -0.4 is 10.3 Å². The molecule has 3 aromatic rings. The highest BCUT2D eigenvalue weighted by atomic mass is 35.5. The summed E-state index contributed by atoms with van der Waals surface area (Å²) in [5.74, 6) is -2.65. The lowest BCUT2D eigenvalue weighted by Crippen LogP contribution is -2.21. The van der Waals surface area contributed by atoms with E-state index in [0.29, 0.717) is 6.07 Å². The minimum atomic E-state index is -5.18. The summed E-state index contributed by atoms with van der Waals surface area (Å²) >= 11 is 11.3. The lowest BCUT2D eigenvalue weighted by atomic mass is 10.2. The number of H-pyrrole nitrogens is 1. The van der Waals surface area contributed by atoms with Gasteiger partial charge in [-0.15, -0.1) is 0 Å². The highest BCUT2D eigenvalue weighted by Crippen LogP contribution is 2.39. The number of ether oxygens (including phenoxy) is 1. The fourth-order valence-electron chi connectivity index (χ4n) is 2.32. The maximum Gasteiger partial charge on any atom is 0.437 e. The molecule has 0 saturated heterocycles. The zero-order chi connectivity index (χ0) is 22.3. The number of hydrogen-bond donors (Lipinski definition) is 1. The maximum atomic E-state index is 13.5. The van der Waals surface area contributed by atoms with Gasteiger partial charge in [-0.05, 0) is 30.3 Å². The number of pyridine rings is 1. The van der Waals surface area contributed by atoms with E-state index in [2.05, 4.69) is 9.97 Å². The first-order valence-corrected chi connectivity index (χ1v) is 8.50. The number of nitrogens with one attached hydrogen (secondary N) is 1. The van der Waals surface area contributed by atoms with Crippen LogP contribution in [0.2, 0.25) is 10.0 Å². The summed E-state index contributed by atoms with van der Waals surface area (Å²) in [6, 6.07) is 4.74. The highest BCUT2D eigenvalue weighted by Gasteiger charge is 2.40. The summed E-state index contributed by atoms with van der Waals surface area (Å²) in [5, 5.41) is -0.784. The molecule has 0 radical (unpaired) electrons. The van der Waals surface area contributed by atoms with E-state index in [-0.39, 0.29) is 10.7 Å². The number of hydrogen-bond acceptors (Lipinski definition) is 4. The first-order chi connectivity index (χ1) is 13.9. The van der Waals surface area contributed by atoms with Crippen molar-refractivity contribution >= 4 is 23.2 Å². The fraction of sp³-hybridized carbons (Fsp3) is 0.118. The minimum Gasteiger partial charge on any atom is -0.449 e. The number of nitrogens with zero attached hydrogens (tertiary/aromatic N) is 2. The molecule has 30 heavy (non-hydrogen) atoms. The van der Waals surface area contributed by atoms with Gasteiger partial charge in [0.15, 0.2) is 11.5 Å². The summed E-state index contributed by atoms with van der Waals surface area (Å²) in [6.07, 6.45) is -8.86. The Balaban J connectivity index is 2.15. The van der Waals surface area contributed by atoms with Gasteiger partial charge in [0.2, 0.25) is 5.75 Å². The standard InChI is InChI=1S/C17H7Cl2F6N3O2/c18-9-4-3-7(6-8(9)16(20,21)22)30-12-13(17(23,24)25)27-14(28-15(12)29)11-10(19)2-1-5-26-11/h1-6H,(H,27,28,29). The van der Waals surface area contributed by atoms with E-state index in [1.165, 1.54) is 18.3 Å². The number of alkyl halides is 6. The molecule has 3 rings (SSSR count). The fourth-order valence-corrected chi connectivity index (χ4v) is 2.76. The van der Waals surface area contributed by atoms with Gasteiger partial charge in [-0.2, -0.15) is 26.3 Å². The number of benzene rings is 1. The summed E-state index contributed by atoms with van der Waals surface area (Å²) in [4.78, 5) is 21.4. The lowest BCUT2D eigenvalue weighted by molar-refractivity contribution is -0.142. The summed E-state index contributed by atoms with van der Waals surface area (Å²) in [6.45, 7) is 0. The quantitative estimate of drug-likeness (QED) is 0.480. The Labute approximate surface area is 173 Å². The van der Waals surface area contributed by atoms with Crippen molar-refractivity contribution in [2.45, 2.75) is 12.4 Å². The number of halogens is 8. The molecule has 0 saturated carbocycles. The first-order valence-electron chi connectivity index (χ1n) is 7.75. The van der Waals surface area contributed by atoms with E-state index in [1.807, 2.05) is 4.98 Å². The SMILES string of the molecule is O=c1[nH]c(-c2ncccc2Cl)nc(C(F)(F)F)c1Oc1ccc(Cl)c(C(F)(F)F)c1. The Morgan fingerprint density at radius 1 is 0.967 bits per heavy atom. The van der Waals surface area contributed by atoms with Gasteiger partial charge in [-0.25, -0.2) is 4.98 Å². The molecule has 1 aromatic carbocycles. The van der Waals surface area contributed by atoms with Gasteiger partial charge < -0.3 is 9.72 Å². The second-order valence-corrected chi connectivity index (χ2v) is 6.48. The molecule has 2 aromatic heterocycles. The van der Waals surface area contributed by atoms with Crippen LogP contribution in [-0.4, -0.2) is 15.0 Å². The molecule has 2 heterocycles. The van der Waals surface area contributed by atoms with E-state index in [1.54, 1.807) is 0 Å². The van der Waals surface area contributed by atoms with E-state index < -0.39 is 51.5 Å². The normalized spacial score (nSPS) is 12.1. The molecule has 0 unspecified atom stereocenters. The van der Waals surface area contributed by atoms with Crippen molar-refractivity contribution in [1.82, 2.24) is 15.0 Å². The van der Waals surface area contributed by atoms with Crippen LogP contribution in [0.5, 0.6) is 11.5 Å². The third-order valence-electron chi connectivity index (χ3n) is 3.59. The van der Waals surface area contributed by atoms with E-state index in [4.69, 9.17) is 27.9 Å². The molecule has 13 heteroatoms. The molecule has 0 aliphatic carbocycles. The van der Waals surface area contributed by atoms with Gasteiger partial charge in [-0.1, -0.05) is 23.2 Å². The molecule has 0 amide bonds. The van der Waals surface area contributed by atoms with Gasteiger partial charge in [0.05, 0.1) is 15.6 Å². The van der Waals surface area contributed by atoms with Gasteiger partial charge in [0, 0.05) is 6.20 Å². The maximum absolute atomic E-state index is 13.5. The first kappa shape index (κ1) is 21.9. The van der Waals surface area contributed by atoms with Crippen LogP contribution in [0.4, 0.5) is 26.3 Å². The Morgan fingerprint density at radius 2 is 1.67 bits per heavy atom. The summed E-state index contributed by atoms with van der Waals surface area (Å²) in [5.41, 5.74) is -4.76. The molecule has 0 atom stereocenters. The minimum absolute atomic E-state index is 0.0880. The van der Waals surface area contributed by atoms with Crippen LogP contribution in [0, 0.1) is 0 Å². The van der Waals surface area contributed by atoms with Crippen LogP contribution in [0.25, 0.3) is 11.5 Å². The molecule has 5 nitrogen and oxygen atoms in total. The second kappa shape index (κ2) is 7.80. The zero-order valence-electron chi connectivity index (χ0n) is 14.2. The van der Waals surface area contributed by atoms with E-state index in [9.17, 15) is 31.1 Å². The highest BCUT2D eigenvalue weighted by molar-refractivity contribution is 6.32. The van der Waals surface area contributed by atoms with E-state index in [0.717, 1.165) is 12.1 Å². The van der Waals surface area contributed by atoms with Crippen LogP contribution in [0.1, 0.15) is 11.3 Å². The topological polar surface area (TPSA) is 67.9 Å². The average Bonchev–Trinajstić information content (AvgIpc) is 2.63. The van der Waals surface area contributed by atoms with Gasteiger partial charge in [-0.3, -0.25) is 9.78 Å². The van der Waals surface area contributed by atoms with Crippen molar-refractivity contribution in [3.8, 4) is 23.0 Å². The van der Waals surface area contributed by atoms with Gasteiger partial charge in [0.25, 0.3) is 5.56 Å². The van der Waals surface area contributed by atoms with Crippen molar-refractivity contribution in [2.75, 3.05) is 0 Å². The number of aromatic nitrogens is 3. The second-order valence-electron chi connectivity index (χ2n) is 5.67. The predicted octanol–water partition coefficient (Wildman–Crippen LogP) is 5.97. The van der Waals surface area contributed by atoms with Crippen molar-refractivity contribution < 1.29 is 31.1 Å². The Bertz CT molecular complexity index is 1160. The van der Waals surface area contributed by atoms with Crippen molar-refractivity contribution in [3.05, 3.63) is 68.2 Å². The summed E-state index contributed by atoms with van der Waals surface area (Å²) < 4.78 is 84.3. The van der Waals surface area contributed by atoms with Crippen LogP contribution >= 0.6 is 23.2 Å². The molecular formula is C17H7Cl2F6N3O2. The predicted molar refractivity (Wildman–Crippen MR) is 94.6 cm³/mol. The molecular weight excluding hydrogens is 463 g/mol. The molecule has 0 aliphatic rings. The van der Waals surface area contributed by atoms with Crippen LogP contribution in [-0.2, 0) is 12.4 Å². The van der Waals surface area contributed by atoms with Crippen LogP contribution in [0.3, 0.4) is 0 Å². The number of aromatic amines is 1. The monoisotopic (exact) mass is 469 g/mol. The van der Waals surface area contributed by atoms with Crippen molar-refractivity contribution in [2.24, 2.45) is 0 Å². The molecule has 1 N–H and O–H groups in total. The Kier molecular flexibility index (Phi) is 5.70. The smallest absolute Gasteiger partial charge is 0.437 e. The number of rotatable bonds is 3. The zero-order valence-corrected chi connectivity index (χ0v) is 15.7. The molecule has 0 bridgehead atoms. The third kappa shape index (κ3) is 4.51. The Hall–Kier alpha value is -2.79. The Morgan fingerprint density at radius 3 is 2.27 bits per heavy atom. The van der Waals surface area contributed by atoms with E-state index >= 15 is 0 Å². The third-order valence-corrected chi connectivity index (χ3v) is 4.23. The summed E-state index contributed by atoms with van der Waals surface area (Å²) in [7, 11) is 0. The van der Waals surface area contributed by atoms with Crippen molar-refractivity contribution in [1.29, 1.82) is 0 Å². The van der Waals surface area contributed by atoms with Crippen LogP contribution in [0.15, 0.2) is 41.3 Å². The lowest BCUT2D eigenvalue weighted by Gasteiger charge is -2.15. The molecule has 158 valence electrons. The van der Waals surface area contributed by atoms with Crippen molar-refractivity contribution in [3.63, 3.8) is 0 Å². The largest absolute Gasteiger partial charge is 0.449 e. The average molecular weight is 470 g/mol. The molecule has 0 spiro atoms.